The van der Waals surface area contributed by atoms with Crippen LogP contribution in [0.4, 0.5) is 0 Å². The van der Waals surface area contributed by atoms with Gasteiger partial charge >= 0.3 is 0 Å². The van der Waals surface area contributed by atoms with Crippen LogP contribution in [0.2, 0.25) is 0 Å². The fourth-order valence-corrected chi connectivity index (χ4v) is 5.50. The largest absolute Gasteiger partial charge is 0.305 e. The quantitative estimate of drug-likeness (QED) is 0.163. The van der Waals surface area contributed by atoms with Gasteiger partial charge in [0.15, 0.2) is 0 Å². The molecule has 7 aromatic rings. The van der Waals surface area contributed by atoms with Gasteiger partial charge < -0.3 is 9.97 Å². The van der Waals surface area contributed by atoms with Gasteiger partial charge in [0.25, 0.3) is 0 Å². The fourth-order valence-electron chi connectivity index (χ4n) is 5.50. The normalized spacial score (nSPS) is 10.4. The zero-order valence-electron chi connectivity index (χ0n) is 27.1. The van der Waals surface area contributed by atoms with Crippen LogP contribution in [0.1, 0.15) is 22.3 Å². The van der Waals surface area contributed by atoms with Crippen LogP contribution >= 0.6 is 0 Å². The Balaban J connectivity index is 0.000000187. The molecular formula is C44H36IrN2-2. The molecule has 0 aliphatic rings. The summed E-state index contributed by atoms with van der Waals surface area (Å²) in [5, 5.41) is 0. The molecule has 47 heavy (non-hydrogen) atoms. The van der Waals surface area contributed by atoms with Crippen molar-refractivity contribution < 1.29 is 20.1 Å². The molecule has 0 aliphatic heterocycles. The molecule has 0 spiro atoms. The molecule has 5 aromatic carbocycles. The van der Waals surface area contributed by atoms with E-state index in [2.05, 4.69) is 153 Å². The van der Waals surface area contributed by atoms with Gasteiger partial charge in [0.05, 0.1) is 0 Å². The van der Waals surface area contributed by atoms with Gasteiger partial charge in [0, 0.05) is 32.5 Å². The van der Waals surface area contributed by atoms with E-state index in [9.17, 15) is 0 Å². The first-order valence-corrected chi connectivity index (χ1v) is 15.6. The molecule has 0 aliphatic carbocycles. The molecule has 0 bridgehead atoms. The Morgan fingerprint density at radius 1 is 0.489 bits per heavy atom. The predicted molar refractivity (Wildman–Crippen MR) is 192 cm³/mol. The zero-order valence-corrected chi connectivity index (χ0v) is 29.5. The summed E-state index contributed by atoms with van der Waals surface area (Å²) in [6.07, 6.45) is 3.79. The molecule has 0 saturated carbocycles. The number of rotatable bonds is 5. The minimum atomic E-state index is 0. The Morgan fingerprint density at radius 3 is 1.85 bits per heavy atom. The first kappa shape index (κ1) is 33.4. The van der Waals surface area contributed by atoms with E-state index in [-0.39, 0.29) is 20.1 Å². The van der Waals surface area contributed by atoms with Gasteiger partial charge in [-0.25, -0.2) is 0 Å². The Kier molecular flexibility index (Phi) is 11.1. The van der Waals surface area contributed by atoms with Crippen LogP contribution in [0.3, 0.4) is 0 Å². The summed E-state index contributed by atoms with van der Waals surface area (Å²) in [5.74, 6) is 0. The van der Waals surface area contributed by atoms with Crippen molar-refractivity contribution in [1.29, 1.82) is 0 Å². The summed E-state index contributed by atoms with van der Waals surface area (Å²) in [5.41, 5.74) is 16.1. The molecule has 2 nitrogen and oxygen atoms in total. The molecule has 7 rings (SSSR count). The number of benzene rings is 5. The summed E-state index contributed by atoms with van der Waals surface area (Å²) < 4.78 is 0. The molecule has 1 radical (unpaired) electrons. The van der Waals surface area contributed by atoms with Crippen LogP contribution < -0.4 is 0 Å². The van der Waals surface area contributed by atoms with E-state index in [0.717, 1.165) is 22.5 Å². The number of hydrogen-bond acceptors (Lipinski definition) is 2. The number of aryl methyl sites for hydroxylation is 4. The van der Waals surface area contributed by atoms with Gasteiger partial charge in [-0.2, -0.15) is 0 Å². The molecule has 0 fully saturated rings. The van der Waals surface area contributed by atoms with Gasteiger partial charge in [0.2, 0.25) is 0 Å². The molecule has 0 saturated heterocycles. The molecule has 0 unspecified atom stereocenters. The molecule has 2 heterocycles. The third-order valence-corrected chi connectivity index (χ3v) is 8.13. The maximum atomic E-state index is 4.56. The maximum absolute atomic E-state index is 4.56. The van der Waals surface area contributed by atoms with Crippen molar-refractivity contribution in [3.05, 3.63) is 180 Å². The Bertz CT molecular complexity index is 2090. The van der Waals surface area contributed by atoms with E-state index in [1.165, 1.54) is 55.6 Å². The molecule has 0 atom stereocenters. The summed E-state index contributed by atoms with van der Waals surface area (Å²) in [6, 6.07) is 52.9. The van der Waals surface area contributed by atoms with Crippen molar-refractivity contribution in [2.24, 2.45) is 0 Å². The second-order valence-corrected chi connectivity index (χ2v) is 11.6. The smallest absolute Gasteiger partial charge is 0.0192 e. The number of nitrogens with zero attached hydrogens (tertiary/aromatic N) is 2. The second-order valence-electron chi connectivity index (χ2n) is 11.6. The number of pyridine rings is 2. The molecule has 0 amide bonds. The standard InChI is InChI=1S/C25H20N.C19H16N.Ir/c1-18-7-6-10-21(15-18)23-12-11-22(25-16-19(2)13-14-26-25)17-24(23)20-8-4-3-5-9-20;1-14-12-19(20-13-15(14)2)18-11-7-6-10-17(18)16-8-4-3-5-9-16;/h3-10,12-17H,1-2H3;3-10,12-13H,1-2H3;/q2*-1;. The predicted octanol–water partition coefficient (Wildman–Crippen LogP) is 11.3. The maximum Gasteiger partial charge on any atom is 0.0192 e. The van der Waals surface area contributed by atoms with Crippen molar-refractivity contribution >= 4 is 0 Å². The molecular weight excluding hydrogens is 749 g/mol. The first-order chi connectivity index (χ1) is 22.5. The van der Waals surface area contributed by atoms with Crippen LogP contribution in [0, 0.1) is 39.8 Å². The van der Waals surface area contributed by atoms with Crippen LogP contribution in [0.25, 0.3) is 55.9 Å². The van der Waals surface area contributed by atoms with Gasteiger partial charge in [-0.05, 0) is 56.3 Å². The number of hydrogen-bond donors (Lipinski definition) is 0. The van der Waals surface area contributed by atoms with Gasteiger partial charge in [-0.1, -0.05) is 142 Å². The third-order valence-electron chi connectivity index (χ3n) is 8.13. The van der Waals surface area contributed by atoms with E-state index < -0.39 is 0 Å². The minimum Gasteiger partial charge on any atom is -0.305 e. The Hall–Kier alpha value is -4.95. The fraction of sp³-hybridized carbons (Fsp3) is 0.0909. The van der Waals surface area contributed by atoms with Crippen LogP contribution in [0.5, 0.6) is 0 Å². The second kappa shape index (κ2) is 15.6. The first-order valence-electron chi connectivity index (χ1n) is 15.6. The zero-order chi connectivity index (χ0) is 31.9. The third kappa shape index (κ3) is 8.07. The average Bonchev–Trinajstić information content (AvgIpc) is 3.10. The van der Waals surface area contributed by atoms with Gasteiger partial charge in [-0.3, -0.25) is 0 Å². The minimum absolute atomic E-state index is 0. The van der Waals surface area contributed by atoms with Crippen LogP contribution in [-0.4, -0.2) is 9.97 Å². The topological polar surface area (TPSA) is 25.8 Å². The average molecular weight is 785 g/mol. The molecule has 0 N–H and O–H groups in total. The van der Waals surface area contributed by atoms with Crippen molar-refractivity contribution in [3.8, 4) is 55.9 Å². The van der Waals surface area contributed by atoms with E-state index in [1.54, 1.807) is 0 Å². The molecule has 3 heteroatoms. The summed E-state index contributed by atoms with van der Waals surface area (Å²) in [7, 11) is 0. The van der Waals surface area contributed by atoms with Crippen LogP contribution in [0.15, 0.2) is 146 Å². The van der Waals surface area contributed by atoms with Crippen LogP contribution in [-0.2, 0) is 20.1 Å². The van der Waals surface area contributed by atoms with E-state index in [0.29, 0.717) is 0 Å². The van der Waals surface area contributed by atoms with Gasteiger partial charge in [-0.15, -0.1) is 53.6 Å². The SMILES string of the molecule is Cc1cccc(-c2c[c-]c(-c3cc(C)ccn3)cc2-c2ccccc2)c1.Cc1cnc(-c2[c-]cccc2-c2ccccc2)cc1C.[Ir]. The van der Waals surface area contributed by atoms with E-state index in [1.807, 2.05) is 42.7 Å². The number of aromatic nitrogens is 2. The molecule has 233 valence electrons. The summed E-state index contributed by atoms with van der Waals surface area (Å²) >= 11 is 0. The Morgan fingerprint density at radius 2 is 1.17 bits per heavy atom. The summed E-state index contributed by atoms with van der Waals surface area (Å²) in [6.45, 7) is 8.41. The van der Waals surface area contributed by atoms with Crippen molar-refractivity contribution in [2.45, 2.75) is 27.7 Å². The van der Waals surface area contributed by atoms with E-state index >= 15 is 0 Å². The van der Waals surface area contributed by atoms with Crippen molar-refractivity contribution in [2.75, 3.05) is 0 Å². The monoisotopic (exact) mass is 785 g/mol. The Labute approximate surface area is 292 Å². The van der Waals surface area contributed by atoms with Gasteiger partial charge in [0.1, 0.15) is 0 Å². The van der Waals surface area contributed by atoms with E-state index in [4.69, 9.17) is 0 Å². The molecule has 2 aromatic heterocycles. The summed E-state index contributed by atoms with van der Waals surface area (Å²) in [4.78, 5) is 9.09. The van der Waals surface area contributed by atoms with Crippen molar-refractivity contribution in [1.82, 2.24) is 9.97 Å². The van der Waals surface area contributed by atoms with Crippen molar-refractivity contribution in [3.63, 3.8) is 0 Å².